The third-order valence-electron chi connectivity index (χ3n) is 3.39. The second kappa shape index (κ2) is 6.99. The van der Waals surface area contributed by atoms with E-state index in [1.807, 2.05) is 0 Å². The summed E-state index contributed by atoms with van der Waals surface area (Å²) in [7, 11) is 1.49. The normalized spacial score (nSPS) is 24.7. The Morgan fingerprint density at radius 1 is 1.43 bits per heavy atom. The van der Waals surface area contributed by atoms with Crippen LogP contribution < -0.4 is 0 Å². The van der Waals surface area contributed by atoms with Gasteiger partial charge in [0.25, 0.3) is 0 Å². The summed E-state index contributed by atoms with van der Waals surface area (Å²) >= 11 is 0. The molecule has 0 aromatic carbocycles. The molecular formula is C15H19NO5. The molecular weight excluding hydrogens is 274 g/mol. The second-order valence-corrected chi connectivity index (χ2v) is 4.79. The van der Waals surface area contributed by atoms with Crippen molar-refractivity contribution in [1.29, 1.82) is 0 Å². The van der Waals surface area contributed by atoms with Crippen LogP contribution in [0.1, 0.15) is 12.8 Å². The first-order chi connectivity index (χ1) is 9.93. The van der Waals surface area contributed by atoms with Gasteiger partial charge in [-0.2, -0.15) is 0 Å². The van der Waals surface area contributed by atoms with Crippen LogP contribution >= 0.6 is 0 Å². The summed E-state index contributed by atoms with van der Waals surface area (Å²) in [5, 5.41) is 18.6. The fourth-order valence-electron chi connectivity index (χ4n) is 2.57. The topological polar surface area (TPSA) is 96.2 Å². The van der Waals surface area contributed by atoms with Crippen LogP contribution in [0.15, 0.2) is 41.4 Å². The van der Waals surface area contributed by atoms with Gasteiger partial charge in [-0.05, 0) is 18.4 Å². The zero-order valence-corrected chi connectivity index (χ0v) is 11.9. The van der Waals surface area contributed by atoms with Gasteiger partial charge in [0.2, 0.25) is 0 Å². The van der Waals surface area contributed by atoms with Crippen LogP contribution in [-0.2, 0) is 14.3 Å². The molecule has 0 saturated heterocycles. The highest BCUT2D eigenvalue weighted by Crippen LogP contribution is 2.40. The number of carbonyl (C=O) groups is 2. The van der Waals surface area contributed by atoms with Gasteiger partial charge in [0.05, 0.1) is 17.6 Å². The van der Waals surface area contributed by atoms with Gasteiger partial charge in [0.15, 0.2) is 6.04 Å². The molecule has 1 rings (SSSR count). The van der Waals surface area contributed by atoms with E-state index in [0.29, 0.717) is 12.0 Å². The Morgan fingerprint density at radius 2 is 2.10 bits per heavy atom. The first-order valence-corrected chi connectivity index (χ1v) is 6.38. The van der Waals surface area contributed by atoms with Crippen LogP contribution in [0.3, 0.4) is 0 Å². The Labute approximate surface area is 123 Å². The minimum atomic E-state index is -1.41. The van der Waals surface area contributed by atoms with Gasteiger partial charge in [-0.1, -0.05) is 12.2 Å². The van der Waals surface area contributed by atoms with Crippen LogP contribution in [0.25, 0.3) is 0 Å². The Morgan fingerprint density at radius 3 is 2.52 bits per heavy atom. The van der Waals surface area contributed by atoms with Crippen molar-refractivity contribution in [3.8, 4) is 0 Å². The van der Waals surface area contributed by atoms with Crippen molar-refractivity contribution < 1.29 is 24.5 Å². The molecule has 21 heavy (non-hydrogen) atoms. The Bertz CT molecular complexity index is 520. The monoisotopic (exact) mass is 293 g/mol. The summed E-state index contributed by atoms with van der Waals surface area (Å²) in [5.41, 5.74) is -0.567. The van der Waals surface area contributed by atoms with Gasteiger partial charge in [-0.3, -0.25) is 4.99 Å². The SMILES string of the molecule is C=CCC1=C(C(=O)O)C(C(=O)O)N=CC1(CC=C)COC. The van der Waals surface area contributed by atoms with E-state index in [4.69, 9.17) is 4.74 Å². The van der Waals surface area contributed by atoms with Crippen LogP contribution in [-0.4, -0.2) is 48.1 Å². The van der Waals surface area contributed by atoms with Crippen molar-refractivity contribution in [2.24, 2.45) is 10.4 Å². The number of allylic oxidation sites excluding steroid dienone is 2. The summed E-state index contributed by atoms with van der Waals surface area (Å²) in [6, 6.07) is -1.41. The zero-order chi connectivity index (χ0) is 16.0. The number of carboxylic acid groups (broad SMARTS) is 2. The molecule has 1 heterocycles. The zero-order valence-electron chi connectivity index (χ0n) is 11.9. The van der Waals surface area contributed by atoms with Gasteiger partial charge in [0.1, 0.15) is 0 Å². The molecule has 2 unspecified atom stereocenters. The van der Waals surface area contributed by atoms with Crippen LogP contribution in [0, 0.1) is 5.41 Å². The van der Waals surface area contributed by atoms with Crippen LogP contribution in [0.4, 0.5) is 0 Å². The highest BCUT2D eigenvalue weighted by molar-refractivity contribution is 6.00. The van der Waals surface area contributed by atoms with E-state index in [1.54, 1.807) is 12.2 Å². The van der Waals surface area contributed by atoms with Crippen molar-refractivity contribution >= 4 is 18.2 Å². The van der Waals surface area contributed by atoms with Crippen molar-refractivity contribution in [1.82, 2.24) is 0 Å². The number of aliphatic imine (C=N–C) groups is 1. The van der Waals surface area contributed by atoms with E-state index < -0.39 is 23.4 Å². The highest BCUT2D eigenvalue weighted by Gasteiger charge is 2.42. The summed E-state index contributed by atoms with van der Waals surface area (Å²) < 4.78 is 5.19. The summed E-state index contributed by atoms with van der Waals surface area (Å²) in [6.07, 6.45) is 5.30. The van der Waals surface area contributed by atoms with Gasteiger partial charge in [-0.25, -0.2) is 9.59 Å². The van der Waals surface area contributed by atoms with Crippen molar-refractivity contribution in [2.45, 2.75) is 18.9 Å². The number of carboxylic acids is 2. The van der Waals surface area contributed by atoms with Crippen LogP contribution in [0.5, 0.6) is 0 Å². The Balaban J connectivity index is 3.55. The minimum absolute atomic E-state index is 0.189. The van der Waals surface area contributed by atoms with Gasteiger partial charge >= 0.3 is 11.9 Å². The molecule has 0 aromatic rings. The molecule has 0 radical (unpaired) electrons. The number of aliphatic carboxylic acids is 2. The maximum atomic E-state index is 11.6. The number of hydrogen-bond acceptors (Lipinski definition) is 4. The van der Waals surface area contributed by atoms with E-state index in [9.17, 15) is 19.8 Å². The number of nitrogens with zero attached hydrogens (tertiary/aromatic N) is 1. The number of hydrogen-bond donors (Lipinski definition) is 2. The predicted molar refractivity (Wildman–Crippen MR) is 78.5 cm³/mol. The molecule has 1 aliphatic rings. The lowest BCUT2D eigenvalue weighted by atomic mass is 9.72. The molecule has 6 nitrogen and oxygen atoms in total. The third-order valence-corrected chi connectivity index (χ3v) is 3.39. The molecule has 2 atom stereocenters. The Kier molecular flexibility index (Phi) is 5.60. The standard InChI is InChI=1S/C15H19NO5/c1-4-6-10-11(13(17)18)12(14(19)20)16-8-15(10,7-5-2)9-21-3/h4-5,8,12H,1-2,6-7,9H2,3H3,(H,17,18)(H,19,20). The minimum Gasteiger partial charge on any atom is -0.479 e. The molecule has 2 N–H and O–H groups in total. The van der Waals surface area contributed by atoms with E-state index in [0.717, 1.165) is 0 Å². The van der Waals surface area contributed by atoms with Crippen molar-refractivity contribution in [2.75, 3.05) is 13.7 Å². The molecule has 6 heteroatoms. The first-order valence-electron chi connectivity index (χ1n) is 6.38. The summed E-state index contributed by atoms with van der Waals surface area (Å²) in [4.78, 5) is 26.7. The first kappa shape index (κ1) is 16.8. The average molecular weight is 293 g/mol. The number of methoxy groups -OCH3 is 1. The number of rotatable bonds is 8. The van der Waals surface area contributed by atoms with E-state index >= 15 is 0 Å². The van der Waals surface area contributed by atoms with Crippen LogP contribution in [0.2, 0.25) is 0 Å². The number of ether oxygens (including phenoxy) is 1. The lowest BCUT2D eigenvalue weighted by Gasteiger charge is -2.36. The average Bonchev–Trinajstić information content (AvgIpc) is 2.41. The molecule has 0 saturated carbocycles. The maximum Gasteiger partial charge on any atom is 0.334 e. The lowest BCUT2D eigenvalue weighted by Crippen LogP contribution is -2.40. The lowest BCUT2D eigenvalue weighted by molar-refractivity contribution is -0.141. The molecule has 1 aliphatic heterocycles. The van der Waals surface area contributed by atoms with Crippen molar-refractivity contribution in [3.63, 3.8) is 0 Å². The molecule has 0 bridgehead atoms. The smallest absolute Gasteiger partial charge is 0.334 e. The quantitative estimate of drug-likeness (QED) is 0.664. The predicted octanol–water partition coefficient (Wildman–Crippen LogP) is 1.69. The molecule has 0 amide bonds. The third kappa shape index (κ3) is 3.28. The molecule has 0 aromatic heterocycles. The summed E-state index contributed by atoms with van der Waals surface area (Å²) in [5.74, 6) is -2.59. The fourth-order valence-corrected chi connectivity index (χ4v) is 2.57. The van der Waals surface area contributed by atoms with Gasteiger partial charge in [-0.15, -0.1) is 13.2 Å². The van der Waals surface area contributed by atoms with E-state index in [-0.39, 0.29) is 18.6 Å². The Hall–Kier alpha value is -2.21. The largest absolute Gasteiger partial charge is 0.479 e. The van der Waals surface area contributed by atoms with Gasteiger partial charge < -0.3 is 14.9 Å². The molecule has 114 valence electrons. The molecule has 0 spiro atoms. The summed E-state index contributed by atoms with van der Waals surface area (Å²) in [6.45, 7) is 7.48. The number of dihydropyridines is 1. The second-order valence-electron chi connectivity index (χ2n) is 4.79. The fraction of sp³-hybridized carbons (Fsp3) is 0.400. The van der Waals surface area contributed by atoms with Crippen molar-refractivity contribution in [3.05, 3.63) is 36.5 Å². The highest BCUT2D eigenvalue weighted by atomic mass is 16.5. The maximum absolute atomic E-state index is 11.6. The van der Waals surface area contributed by atoms with E-state index in [2.05, 4.69) is 18.2 Å². The van der Waals surface area contributed by atoms with E-state index in [1.165, 1.54) is 13.3 Å². The molecule has 0 aliphatic carbocycles. The van der Waals surface area contributed by atoms with Gasteiger partial charge in [0, 0.05) is 13.3 Å². The molecule has 0 fully saturated rings.